The maximum absolute atomic E-state index is 13.5. The Labute approximate surface area is 86.0 Å². The summed E-state index contributed by atoms with van der Waals surface area (Å²) in [5, 5.41) is 9.84. The molecule has 0 aliphatic rings. The molecule has 0 radical (unpaired) electrons. The molecule has 0 bridgehead atoms. The molecule has 76 valence electrons. The van der Waals surface area contributed by atoms with Crippen LogP contribution in [0.25, 0.3) is 10.8 Å². The van der Waals surface area contributed by atoms with Crippen LogP contribution in [-0.2, 0) is 0 Å². The van der Waals surface area contributed by atoms with Crippen LogP contribution in [0.3, 0.4) is 0 Å². The normalized spacial score (nSPS) is 10.5. The summed E-state index contributed by atoms with van der Waals surface area (Å²) < 4.78 is 13.5. The largest absolute Gasteiger partial charge is 0.478 e. The number of aryl methyl sites for hydroxylation is 1. The Morgan fingerprint density at radius 2 is 2.00 bits per heavy atom. The first-order valence-electron chi connectivity index (χ1n) is 4.51. The molecule has 0 aliphatic heterocycles. The van der Waals surface area contributed by atoms with Gasteiger partial charge in [-0.3, -0.25) is 0 Å². The molecule has 2 nitrogen and oxygen atoms in total. The molecule has 0 atom stereocenters. The van der Waals surface area contributed by atoms with Gasteiger partial charge in [-0.05, 0) is 24.4 Å². The van der Waals surface area contributed by atoms with Crippen LogP contribution in [0.4, 0.5) is 4.39 Å². The predicted octanol–water partition coefficient (Wildman–Crippen LogP) is 2.99. The van der Waals surface area contributed by atoms with E-state index in [4.69, 9.17) is 5.11 Å². The van der Waals surface area contributed by atoms with Crippen molar-refractivity contribution in [1.82, 2.24) is 0 Å². The zero-order chi connectivity index (χ0) is 11.0. The van der Waals surface area contributed by atoms with Gasteiger partial charge in [0.25, 0.3) is 0 Å². The van der Waals surface area contributed by atoms with Crippen molar-refractivity contribution < 1.29 is 14.3 Å². The third-order valence-corrected chi connectivity index (χ3v) is 2.30. The number of halogens is 1. The van der Waals surface area contributed by atoms with Gasteiger partial charge in [-0.2, -0.15) is 0 Å². The lowest BCUT2D eigenvalue weighted by Gasteiger charge is -2.02. The number of carboxylic acids is 1. The van der Waals surface area contributed by atoms with Gasteiger partial charge in [0.05, 0.1) is 5.56 Å². The Balaban J connectivity index is 2.79. The minimum atomic E-state index is -1.11. The summed E-state index contributed by atoms with van der Waals surface area (Å²) in [4.78, 5) is 10.7. The van der Waals surface area contributed by atoms with Gasteiger partial charge >= 0.3 is 5.97 Å². The number of hydrogen-bond donors (Lipinski definition) is 1. The van der Waals surface area contributed by atoms with Crippen molar-refractivity contribution in [2.24, 2.45) is 0 Å². The second-order valence-electron chi connectivity index (χ2n) is 3.49. The molecule has 15 heavy (non-hydrogen) atoms. The summed E-state index contributed by atoms with van der Waals surface area (Å²) in [6.07, 6.45) is 0. The van der Waals surface area contributed by atoms with E-state index in [2.05, 4.69) is 0 Å². The SMILES string of the molecule is Cc1ccc2c(F)cc(C(=O)O)cc2c1. The Bertz CT molecular complexity index is 547. The smallest absolute Gasteiger partial charge is 0.335 e. The number of carboxylic acid groups (broad SMARTS) is 1. The zero-order valence-corrected chi connectivity index (χ0v) is 8.12. The minimum Gasteiger partial charge on any atom is -0.478 e. The summed E-state index contributed by atoms with van der Waals surface area (Å²) in [6, 6.07) is 7.75. The van der Waals surface area contributed by atoms with Gasteiger partial charge in [0.15, 0.2) is 0 Å². The van der Waals surface area contributed by atoms with Gasteiger partial charge in [-0.1, -0.05) is 23.8 Å². The van der Waals surface area contributed by atoms with Gasteiger partial charge in [-0.25, -0.2) is 9.18 Å². The summed E-state index contributed by atoms with van der Waals surface area (Å²) in [7, 11) is 0. The molecule has 0 aromatic heterocycles. The lowest BCUT2D eigenvalue weighted by molar-refractivity contribution is 0.0696. The van der Waals surface area contributed by atoms with Crippen molar-refractivity contribution >= 4 is 16.7 Å². The molecule has 0 spiro atoms. The zero-order valence-electron chi connectivity index (χ0n) is 8.12. The van der Waals surface area contributed by atoms with Crippen molar-refractivity contribution in [3.8, 4) is 0 Å². The predicted molar refractivity (Wildman–Crippen MR) is 55.6 cm³/mol. The minimum absolute atomic E-state index is 0.0226. The molecule has 0 unspecified atom stereocenters. The van der Waals surface area contributed by atoms with Crippen molar-refractivity contribution in [2.45, 2.75) is 6.92 Å². The Hall–Kier alpha value is -1.90. The molecule has 0 amide bonds. The maximum Gasteiger partial charge on any atom is 0.335 e. The molecule has 0 fully saturated rings. The Kier molecular flexibility index (Phi) is 2.15. The van der Waals surface area contributed by atoms with Crippen LogP contribution in [0.1, 0.15) is 15.9 Å². The van der Waals surface area contributed by atoms with E-state index in [1.807, 2.05) is 6.92 Å². The van der Waals surface area contributed by atoms with Crippen LogP contribution in [-0.4, -0.2) is 11.1 Å². The van der Waals surface area contributed by atoms with Gasteiger partial charge in [0.2, 0.25) is 0 Å². The van der Waals surface area contributed by atoms with Crippen molar-refractivity contribution in [2.75, 3.05) is 0 Å². The van der Waals surface area contributed by atoms with E-state index in [9.17, 15) is 9.18 Å². The Morgan fingerprint density at radius 3 is 2.67 bits per heavy atom. The standard InChI is InChI=1S/C12H9FO2/c1-7-2-3-10-8(4-7)5-9(12(14)15)6-11(10)13/h2-6H,1H3,(H,14,15). The average molecular weight is 204 g/mol. The van der Waals surface area contributed by atoms with E-state index in [-0.39, 0.29) is 5.56 Å². The van der Waals surface area contributed by atoms with Crippen molar-refractivity contribution in [3.63, 3.8) is 0 Å². The van der Waals surface area contributed by atoms with Crippen LogP contribution in [0.2, 0.25) is 0 Å². The fraction of sp³-hybridized carbons (Fsp3) is 0.0833. The van der Waals surface area contributed by atoms with Gasteiger partial charge in [0.1, 0.15) is 5.82 Å². The highest BCUT2D eigenvalue weighted by atomic mass is 19.1. The monoisotopic (exact) mass is 204 g/mol. The fourth-order valence-corrected chi connectivity index (χ4v) is 1.57. The van der Waals surface area contributed by atoms with Crippen molar-refractivity contribution in [1.29, 1.82) is 0 Å². The van der Waals surface area contributed by atoms with Crippen LogP contribution in [0.15, 0.2) is 30.3 Å². The van der Waals surface area contributed by atoms with E-state index < -0.39 is 11.8 Å². The highest BCUT2D eigenvalue weighted by molar-refractivity contribution is 5.94. The molecule has 0 saturated carbocycles. The lowest BCUT2D eigenvalue weighted by Crippen LogP contribution is -1.97. The average Bonchev–Trinajstić information content (AvgIpc) is 2.16. The molecule has 0 saturated heterocycles. The highest BCUT2D eigenvalue weighted by Gasteiger charge is 2.08. The van der Waals surface area contributed by atoms with E-state index in [0.29, 0.717) is 10.8 Å². The number of aromatic carboxylic acids is 1. The molecule has 2 rings (SSSR count). The summed E-state index contributed by atoms with van der Waals surface area (Å²) in [6.45, 7) is 1.88. The van der Waals surface area contributed by atoms with Crippen molar-refractivity contribution in [3.05, 3.63) is 47.3 Å². The second kappa shape index (κ2) is 3.35. The molecular formula is C12H9FO2. The fourth-order valence-electron chi connectivity index (χ4n) is 1.57. The van der Waals surface area contributed by atoms with Gasteiger partial charge in [-0.15, -0.1) is 0 Å². The molecule has 2 aromatic carbocycles. The quantitative estimate of drug-likeness (QED) is 0.775. The molecule has 0 aliphatic carbocycles. The molecule has 1 N–H and O–H groups in total. The van der Waals surface area contributed by atoms with Crippen LogP contribution in [0.5, 0.6) is 0 Å². The molecule has 0 heterocycles. The topological polar surface area (TPSA) is 37.3 Å². The number of carbonyl (C=O) groups is 1. The lowest BCUT2D eigenvalue weighted by atomic mass is 10.0. The van der Waals surface area contributed by atoms with Gasteiger partial charge in [0, 0.05) is 5.39 Å². The van der Waals surface area contributed by atoms with E-state index in [0.717, 1.165) is 11.6 Å². The third kappa shape index (κ3) is 1.68. The third-order valence-electron chi connectivity index (χ3n) is 2.30. The molecule has 3 heteroatoms. The number of rotatable bonds is 1. The maximum atomic E-state index is 13.5. The Morgan fingerprint density at radius 1 is 1.27 bits per heavy atom. The van der Waals surface area contributed by atoms with E-state index in [1.54, 1.807) is 18.2 Å². The molecular weight excluding hydrogens is 195 g/mol. The first-order valence-corrected chi connectivity index (χ1v) is 4.51. The van der Waals surface area contributed by atoms with E-state index >= 15 is 0 Å². The first kappa shape index (κ1) is 9.65. The van der Waals surface area contributed by atoms with Crippen LogP contribution in [0, 0.1) is 12.7 Å². The highest BCUT2D eigenvalue weighted by Crippen LogP contribution is 2.21. The number of hydrogen-bond acceptors (Lipinski definition) is 1. The number of fused-ring (bicyclic) bond motifs is 1. The van der Waals surface area contributed by atoms with Crippen LogP contribution >= 0.6 is 0 Å². The summed E-state index contributed by atoms with van der Waals surface area (Å²) in [5.74, 6) is -1.61. The molecule has 2 aromatic rings. The summed E-state index contributed by atoms with van der Waals surface area (Å²) in [5.41, 5.74) is 0.954. The second-order valence-corrected chi connectivity index (χ2v) is 3.49. The first-order chi connectivity index (χ1) is 7.08. The van der Waals surface area contributed by atoms with Crippen LogP contribution < -0.4 is 0 Å². The summed E-state index contributed by atoms with van der Waals surface area (Å²) >= 11 is 0. The van der Waals surface area contributed by atoms with E-state index in [1.165, 1.54) is 6.07 Å². The number of benzene rings is 2. The van der Waals surface area contributed by atoms with Gasteiger partial charge < -0.3 is 5.11 Å².